The zero-order chi connectivity index (χ0) is 17.8. The molecule has 0 radical (unpaired) electrons. The summed E-state index contributed by atoms with van der Waals surface area (Å²) in [6.07, 6.45) is 2.44. The van der Waals surface area contributed by atoms with Crippen molar-refractivity contribution in [2.24, 2.45) is 0 Å². The fourth-order valence-electron chi connectivity index (χ4n) is 3.09. The highest BCUT2D eigenvalue weighted by molar-refractivity contribution is 6.30. The van der Waals surface area contributed by atoms with E-state index in [4.69, 9.17) is 11.6 Å². The van der Waals surface area contributed by atoms with Crippen LogP contribution >= 0.6 is 11.6 Å². The number of amides is 2. The van der Waals surface area contributed by atoms with Gasteiger partial charge in [0, 0.05) is 22.8 Å². The van der Waals surface area contributed by atoms with E-state index in [-0.39, 0.29) is 11.8 Å². The monoisotopic (exact) mass is 356 g/mol. The van der Waals surface area contributed by atoms with E-state index in [0.29, 0.717) is 29.2 Å². The van der Waals surface area contributed by atoms with E-state index in [2.05, 4.69) is 12.2 Å². The Balaban J connectivity index is 1.71. The van der Waals surface area contributed by atoms with Crippen LogP contribution in [0.4, 0.5) is 5.69 Å². The largest absolute Gasteiger partial charge is 0.327 e. The predicted octanol–water partition coefficient (Wildman–Crippen LogP) is 4.15. The van der Waals surface area contributed by atoms with Crippen LogP contribution < -0.4 is 5.32 Å². The van der Waals surface area contributed by atoms with Crippen molar-refractivity contribution in [1.29, 1.82) is 0 Å². The Kier molecular flexibility index (Phi) is 5.39. The molecule has 0 aromatic heterocycles. The molecule has 1 aliphatic heterocycles. The average Bonchev–Trinajstić information content (AvgIpc) is 3.13. The van der Waals surface area contributed by atoms with Crippen LogP contribution in [0.25, 0.3) is 0 Å². The summed E-state index contributed by atoms with van der Waals surface area (Å²) >= 11 is 5.86. The van der Waals surface area contributed by atoms with Gasteiger partial charge >= 0.3 is 0 Å². The van der Waals surface area contributed by atoms with Gasteiger partial charge in [-0.25, -0.2) is 0 Å². The minimum atomic E-state index is -0.436. The van der Waals surface area contributed by atoms with Crippen molar-refractivity contribution >= 4 is 29.1 Å². The van der Waals surface area contributed by atoms with Crippen LogP contribution in [0.1, 0.15) is 35.7 Å². The van der Waals surface area contributed by atoms with Gasteiger partial charge in [-0.3, -0.25) is 9.59 Å². The van der Waals surface area contributed by atoms with E-state index < -0.39 is 6.04 Å². The average molecular weight is 357 g/mol. The van der Waals surface area contributed by atoms with E-state index in [1.165, 1.54) is 5.56 Å². The molecular formula is C20H21ClN2O2. The number of carbonyl (C=O) groups excluding carboxylic acids is 2. The molecule has 1 atom stereocenters. The Morgan fingerprint density at radius 2 is 1.80 bits per heavy atom. The minimum absolute atomic E-state index is 0.0867. The lowest BCUT2D eigenvalue weighted by Gasteiger charge is -2.24. The van der Waals surface area contributed by atoms with Gasteiger partial charge < -0.3 is 10.2 Å². The number of hydrogen-bond donors (Lipinski definition) is 1. The van der Waals surface area contributed by atoms with Crippen LogP contribution in [0.3, 0.4) is 0 Å². The highest BCUT2D eigenvalue weighted by Crippen LogP contribution is 2.22. The third-order valence-corrected chi connectivity index (χ3v) is 4.79. The first-order valence-electron chi connectivity index (χ1n) is 8.55. The van der Waals surface area contributed by atoms with Crippen molar-refractivity contribution in [3.8, 4) is 0 Å². The van der Waals surface area contributed by atoms with Crippen LogP contribution in [0, 0.1) is 0 Å². The number of hydrogen-bond acceptors (Lipinski definition) is 2. The Bertz CT molecular complexity index is 756. The fraction of sp³-hybridized carbons (Fsp3) is 0.300. The third-order valence-electron chi connectivity index (χ3n) is 4.54. The smallest absolute Gasteiger partial charge is 0.254 e. The van der Waals surface area contributed by atoms with E-state index >= 15 is 0 Å². The molecule has 0 bridgehead atoms. The highest BCUT2D eigenvalue weighted by Gasteiger charge is 2.34. The summed E-state index contributed by atoms with van der Waals surface area (Å²) in [5.41, 5.74) is 2.50. The van der Waals surface area contributed by atoms with Gasteiger partial charge in [0.15, 0.2) is 0 Å². The zero-order valence-electron chi connectivity index (χ0n) is 14.2. The van der Waals surface area contributed by atoms with E-state index in [1.807, 2.05) is 24.3 Å². The van der Waals surface area contributed by atoms with E-state index in [9.17, 15) is 9.59 Å². The molecule has 1 N–H and O–H groups in total. The molecule has 1 saturated heterocycles. The lowest BCUT2D eigenvalue weighted by molar-refractivity contribution is -0.119. The number of anilines is 1. The van der Waals surface area contributed by atoms with Gasteiger partial charge in [0.05, 0.1) is 0 Å². The Hall–Kier alpha value is -2.33. The van der Waals surface area contributed by atoms with Crippen molar-refractivity contribution in [2.75, 3.05) is 11.9 Å². The van der Waals surface area contributed by atoms with Crippen molar-refractivity contribution in [3.63, 3.8) is 0 Å². The molecule has 0 spiro atoms. The standard InChI is InChI=1S/C20H21ClN2O2/c1-2-14-5-7-15(8-6-14)20(25)23-13-3-4-18(23)19(24)22-17-11-9-16(21)10-12-17/h5-12,18H,2-4,13H2,1H3,(H,22,24)/t18-/m0/s1. The Morgan fingerprint density at radius 3 is 2.44 bits per heavy atom. The number of likely N-dealkylation sites (tertiary alicyclic amines) is 1. The topological polar surface area (TPSA) is 49.4 Å². The quantitative estimate of drug-likeness (QED) is 0.894. The number of benzene rings is 2. The van der Waals surface area contributed by atoms with Gasteiger partial charge in [-0.1, -0.05) is 30.7 Å². The van der Waals surface area contributed by atoms with E-state index in [0.717, 1.165) is 12.8 Å². The Morgan fingerprint density at radius 1 is 1.12 bits per heavy atom. The lowest BCUT2D eigenvalue weighted by Crippen LogP contribution is -2.43. The summed E-state index contributed by atoms with van der Waals surface area (Å²) in [5.74, 6) is -0.241. The molecule has 0 saturated carbocycles. The number of rotatable bonds is 4. The van der Waals surface area contributed by atoms with Gasteiger partial charge in [-0.15, -0.1) is 0 Å². The molecule has 0 aliphatic carbocycles. The van der Waals surface area contributed by atoms with Crippen molar-refractivity contribution in [3.05, 3.63) is 64.7 Å². The maximum Gasteiger partial charge on any atom is 0.254 e. The molecule has 1 heterocycles. The molecule has 3 rings (SSSR count). The normalized spacial score (nSPS) is 16.7. The van der Waals surface area contributed by atoms with Crippen molar-refractivity contribution in [1.82, 2.24) is 4.90 Å². The number of halogens is 1. The summed E-state index contributed by atoms with van der Waals surface area (Å²) in [7, 11) is 0. The molecule has 1 fully saturated rings. The summed E-state index contributed by atoms with van der Waals surface area (Å²) in [5, 5.41) is 3.49. The Labute approximate surface area is 152 Å². The van der Waals surface area contributed by atoms with Crippen LogP contribution in [-0.4, -0.2) is 29.3 Å². The maximum absolute atomic E-state index is 12.8. The summed E-state index contributed by atoms with van der Waals surface area (Å²) < 4.78 is 0. The van der Waals surface area contributed by atoms with Crippen LogP contribution in [-0.2, 0) is 11.2 Å². The van der Waals surface area contributed by atoms with Gasteiger partial charge in [0.2, 0.25) is 5.91 Å². The molecule has 5 heteroatoms. The second-order valence-electron chi connectivity index (χ2n) is 6.20. The zero-order valence-corrected chi connectivity index (χ0v) is 14.9. The highest BCUT2D eigenvalue weighted by atomic mass is 35.5. The number of aryl methyl sites for hydroxylation is 1. The van der Waals surface area contributed by atoms with Crippen LogP contribution in [0.2, 0.25) is 5.02 Å². The third kappa shape index (κ3) is 4.02. The van der Waals surface area contributed by atoms with Gasteiger partial charge in [-0.05, 0) is 61.2 Å². The molecule has 1 aliphatic rings. The first kappa shape index (κ1) is 17.5. The molecule has 25 heavy (non-hydrogen) atoms. The second kappa shape index (κ2) is 7.70. The van der Waals surface area contributed by atoms with Crippen LogP contribution in [0.5, 0.6) is 0 Å². The molecule has 130 valence electrons. The SMILES string of the molecule is CCc1ccc(C(=O)N2CCC[C@H]2C(=O)Nc2ccc(Cl)cc2)cc1. The summed E-state index contributed by atoms with van der Waals surface area (Å²) in [6, 6.07) is 14.1. The summed E-state index contributed by atoms with van der Waals surface area (Å²) in [6.45, 7) is 2.68. The molecule has 0 unspecified atom stereocenters. The second-order valence-corrected chi connectivity index (χ2v) is 6.64. The number of nitrogens with one attached hydrogen (secondary N) is 1. The first-order chi connectivity index (χ1) is 12.1. The summed E-state index contributed by atoms with van der Waals surface area (Å²) in [4.78, 5) is 27.1. The lowest BCUT2D eigenvalue weighted by atomic mass is 10.1. The number of carbonyl (C=O) groups is 2. The maximum atomic E-state index is 12.8. The van der Waals surface area contributed by atoms with Crippen LogP contribution in [0.15, 0.2) is 48.5 Å². The van der Waals surface area contributed by atoms with Crippen molar-refractivity contribution < 1.29 is 9.59 Å². The fourth-order valence-corrected chi connectivity index (χ4v) is 3.22. The van der Waals surface area contributed by atoms with Crippen molar-refractivity contribution in [2.45, 2.75) is 32.2 Å². The predicted molar refractivity (Wildman–Crippen MR) is 100.0 cm³/mol. The van der Waals surface area contributed by atoms with Gasteiger partial charge in [0.1, 0.15) is 6.04 Å². The van der Waals surface area contributed by atoms with E-state index in [1.54, 1.807) is 29.2 Å². The molecular weight excluding hydrogens is 336 g/mol. The molecule has 2 aromatic rings. The molecule has 4 nitrogen and oxygen atoms in total. The van der Waals surface area contributed by atoms with Gasteiger partial charge in [-0.2, -0.15) is 0 Å². The first-order valence-corrected chi connectivity index (χ1v) is 8.92. The molecule has 2 amide bonds. The number of nitrogens with zero attached hydrogens (tertiary/aromatic N) is 1. The van der Waals surface area contributed by atoms with Gasteiger partial charge in [0.25, 0.3) is 5.91 Å². The minimum Gasteiger partial charge on any atom is -0.327 e. The molecule has 2 aromatic carbocycles.